The zero-order valence-corrected chi connectivity index (χ0v) is 8.02. The topological polar surface area (TPSA) is 66.8 Å². The molecule has 3 unspecified atom stereocenters. The Morgan fingerprint density at radius 3 is 2.60 bits per heavy atom. The van der Waals surface area contributed by atoms with Gasteiger partial charge in [-0.3, -0.25) is 9.69 Å². The first-order valence-corrected chi connectivity index (χ1v) is 4.34. The smallest absolute Gasteiger partial charge is 0.407 e. The van der Waals surface area contributed by atoms with Gasteiger partial charge in [0.05, 0.1) is 6.54 Å². The molecule has 15 heavy (non-hydrogen) atoms. The van der Waals surface area contributed by atoms with E-state index in [1.807, 2.05) is 0 Å². The van der Waals surface area contributed by atoms with Crippen molar-refractivity contribution in [1.82, 2.24) is 4.90 Å². The lowest BCUT2D eigenvalue weighted by Gasteiger charge is -2.21. The average Bonchev–Trinajstić information content (AvgIpc) is 2.41. The highest BCUT2D eigenvalue weighted by molar-refractivity contribution is 5.67. The van der Waals surface area contributed by atoms with Gasteiger partial charge in [-0.05, 0) is 0 Å². The number of nitrogens with zero attached hydrogens (tertiary/aromatic N) is 1. The van der Waals surface area contributed by atoms with Gasteiger partial charge in [0.15, 0.2) is 12.3 Å². The number of carbonyl (C=O) groups excluding carboxylic acids is 1. The van der Waals surface area contributed by atoms with Crippen molar-refractivity contribution in [3.63, 3.8) is 0 Å². The zero-order chi connectivity index (χ0) is 11.6. The summed E-state index contributed by atoms with van der Waals surface area (Å²) >= 11 is 0. The lowest BCUT2D eigenvalue weighted by molar-refractivity contribution is -0.142. The van der Waals surface area contributed by atoms with Crippen LogP contribution in [0.3, 0.4) is 0 Å². The summed E-state index contributed by atoms with van der Waals surface area (Å²) in [6.45, 7) is 0.131. The van der Waals surface area contributed by atoms with E-state index < -0.39 is 43.6 Å². The number of esters is 1. The second-order valence-electron chi connectivity index (χ2n) is 3.27. The van der Waals surface area contributed by atoms with Gasteiger partial charge in [-0.1, -0.05) is 0 Å². The van der Waals surface area contributed by atoms with Gasteiger partial charge in [0, 0.05) is 6.92 Å². The van der Waals surface area contributed by atoms with Crippen LogP contribution in [0, 0.1) is 0 Å². The highest BCUT2D eigenvalue weighted by Gasteiger charge is 2.45. The molecule has 1 amide bonds. The van der Waals surface area contributed by atoms with Gasteiger partial charge in [0.2, 0.25) is 0 Å². The molecule has 1 heterocycles. The predicted octanol–water partition coefficient (Wildman–Crippen LogP) is 0.588. The number of amides is 1. The molecule has 0 aromatic heterocycles. The van der Waals surface area contributed by atoms with Crippen LogP contribution < -0.4 is 0 Å². The second-order valence-corrected chi connectivity index (χ2v) is 3.27. The van der Waals surface area contributed by atoms with E-state index >= 15 is 0 Å². The van der Waals surface area contributed by atoms with E-state index in [2.05, 4.69) is 4.74 Å². The van der Waals surface area contributed by atoms with Crippen LogP contribution in [0.2, 0.25) is 0 Å². The monoisotopic (exact) mass is 223 g/mol. The van der Waals surface area contributed by atoms with Gasteiger partial charge in [0.25, 0.3) is 0 Å². The molecule has 1 N–H and O–H groups in total. The number of hydrogen-bond donors (Lipinski definition) is 1. The summed E-state index contributed by atoms with van der Waals surface area (Å²) in [5.74, 6) is -0.658. The Morgan fingerprint density at radius 1 is 1.53 bits per heavy atom. The fourth-order valence-corrected chi connectivity index (χ4v) is 1.44. The molecule has 5 nitrogen and oxygen atoms in total. The summed E-state index contributed by atoms with van der Waals surface area (Å²) < 4.78 is 30.5. The minimum absolute atomic E-state index is 0.455. The Bertz CT molecular complexity index is 273. The normalized spacial score (nSPS) is 30.3. The number of carboxylic acid groups (broad SMARTS) is 1. The molecule has 1 rings (SSSR count). The van der Waals surface area contributed by atoms with E-state index in [-0.39, 0.29) is 0 Å². The van der Waals surface area contributed by atoms with Crippen LogP contribution >= 0.6 is 0 Å². The van der Waals surface area contributed by atoms with Crippen molar-refractivity contribution in [2.24, 2.45) is 0 Å². The number of rotatable bonds is 2. The molecule has 3 atom stereocenters. The van der Waals surface area contributed by atoms with Crippen LogP contribution in [-0.2, 0) is 9.53 Å². The molecule has 0 radical (unpaired) electrons. The number of alkyl halides is 2. The number of ether oxygens (including phenoxy) is 1. The lowest BCUT2D eigenvalue weighted by atomic mass is 10.2. The molecule has 0 aliphatic carbocycles. The minimum Gasteiger partial charge on any atom is -0.465 e. The average molecular weight is 223 g/mol. The van der Waals surface area contributed by atoms with E-state index in [1.54, 1.807) is 0 Å². The van der Waals surface area contributed by atoms with Crippen LogP contribution in [0.1, 0.15) is 6.92 Å². The fraction of sp³-hybridized carbons (Fsp3) is 0.750. The van der Waals surface area contributed by atoms with Gasteiger partial charge in [-0.15, -0.1) is 0 Å². The van der Waals surface area contributed by atoms with E-state index in [4.69, 9.17) is 5.11 Å². The maximum atomic E-state index is 13.2. The van der Waals surface area contributed by atoms with Crippen LogP contribution in [0.15, 0.2) is 0 Å². The number of halogens is 2. The summed E-state index contributed by atoms with van der Waals surface area (Å²) in [6, 6.07) is -1.25. The first-order chi connectivity index (χ1) is 6.93. The number of likely N-dealkylation sites (tertiary alicyclic amines) is 1. The van der Waals surface area contributed by atoms with Crippen molar-refractivity contribution < 1.29 is 28.2 Å². The maximum Gasteiger partial charge on any atom is 0.407 e. The summed E-state index contributed by atoms with van der Waals surface area (Å²) in [5, 5.41) is 8.64. The van der Waals surface area contributed by atoms with Crippen LogP contribution in [0.25, 0.3) is 0 Å². The summed E-state index contributed by atoms with van der Waals surface area (Å²) in [5.41, 5.74) is 0. The highest BCUT2D eigenvalue weighted by atomic mass is 19.2. The summed E-state index contributed by atoms with van der Waals surface area (Å²) in [6.07, 6.45) is -5.22. The highest BCUT2D eigenvalue weighted by Crippen LogP contribution is 2.24. The molecule has 7 heteroatoms. The number of hydrogen-bond acceptors (Lipinski definition) is 3. The third kappa shape index (κ3) is 2.54. The molecule has 0 bridgehead atoms. The quantitative estimate of drug-likeness (QED) is 0.695. The molecule has 86 valence electrons. The van der Waals surface area contributed by atoms with Crippen molar-refractivity contribution >= 4 is 12.1 Å². The predicted molar refractivity (Wildman–Crippen MR) is 44.9 cm³/mol. The van der Waals surface area contributed by atoms with E-state index in [0.29, 0.717) is 4.90 Å². The Hall–Kier alpha value is -1.40. The SMILES string of the molecule is CC(=O)OCC1C(F)C(F)CN1C(=O)O. The number of carbonyl (C=O) groups is 2. The molecular weight excluding hydrogens is 212 g/mol. The van der Waals surface area contributed by atoms with Crippen molar-refractivity contribution in [2.45, 2.75) is 25.3 Å². The van der Waals surface area contributed by atoms with Crippen molar-refractivity contribution in [2.75, 3.05) is 13.2 Å². The fourth-order valence-electron chi connectivity index (χ4n) is 1.44. The largest absolute Gasteiger partial charge is 0.465 e. The van der Waals surface area contributed by atoms with Crippen LogP contribution in [-0.4, -0.2) is 53.6 Å². The van der Waals surface area contributed by atoms with E-state index in [9.17, 15) is 18.4 Å². The first kappa shape index (κ1) is 11.7. The maximum absolute atomic E-state index is 13.2. The van der Waals surface area contributed by atoms with Gasteiger partial charge in [-0.2, -0.15) is 0 Å². The molecule has 1 saturated heterocycles. The van der Waals surface area contributed by atoms with Crippen molar-refractivity contribution in [1.29, 1.82) is 0 Å². The molecule has 0 saturated carbocycles. The van der Waals surface area contributed by atoms with Gasteiger partial charge in [0.1, 0.15) is 12.6 Å². The summed E-state index contributed by atoms with van der Waals surface area (Å²) in [4.78, 5) is 21.7. The Morgan fingerprint density at radius 2 is 2.13 bits per heavy atom. The van der Waals surface area contributed by atoms with Crippen LogP contribution in [0.4, 0.5) is 13.6 Å². The van der Waals surface area contributed by atoms with E-state index in [0.717, 1.165) is 6.92 Å². The third-order valence-corrected chi connectivity index (χ3v) is 2.19. The van der Waals surface area contributed by atoms with Crippen molar-refractivity contribution in [3.05, 3.63) is 0 Å². The molecular formula is C8H11F2NO4. The van der Waals surface area contributed by atoms with E-state index in [1.165, 1.54) is 0 Å². The Kier molecular flexibility index (Phi) is 3.43. The Balaban J connectivity index is 2.64. The Labute approximate surface area is 84.6 Å². The van der Waals surface area contributed by atoms with Gasteiger partial charge < -0.3 is 9.84 Å². The molecule has 1 fully saturated rings. The molecule has 0 aromatic carbocycles. The van der Waals surface area contributed by atoms with Crippen LogP contribution in [0.5, 0.6) is 0 Å². The summed E-state index contributed by atoms with van der Waals surface area (Å²) in [7, 11) is 0. The lowest BCUT2D eigenvalue weighted by Crippen LogP contribution is -2.41. The molecule has 0 spiro atoms. The van der Waals surface area contributed by atoms with Gasteiger partial charge >= 0.3 is 12.1 Å². The zero-order valence-electron chi connectivity index (χ0n) is 8.02. The first-order valence-electron chi connectivity index (χ1n) is 4.34. The minimum atomic E-state index is -1.94. The molecule has 1 aliphatic heterocycles. The standard InChI is InChI=1S/C8H11F2NO4/c1-4(12)15-3-6-7(10)5(9)2-11(6)8(13)14/h5-7H,2-3H2,1H3,(H,13,14). The van der Waals surface area contributed by atoms with Gasteiger partial charge in [-0.25, -0.2) is 13.6 Å². The second kappa shape index (κ2) is 4.41. The van der Waals surface area contributed by atoms with Crippen molar-refractivity contribution in [3.8, 4) is 0 Å². The molecule has 1 aliphatic rings. The molecule has 0 aromatic rings. The third-order valence-electron chi connectivity index (χ3n) is 2.19.